The molecule has 4 aromatic heterocycles. The molecule has 1 aliphatic heterocycles. The zero-order valence-electron chi connectivity index (χ0n) is 19.8. The van der Waals surface area contributed by atoms with Gasteiger partial charge >= 0.3 is 6.09 Å². The average molecular weight is 496 g/mol. The summed E-state index contributed by atoms with van der Waals surface area (Å²) in [5.41, 5.74) is 2.16. The van der Waals surface area contributed by atoms with Crippen LogP contribution in [0, 0.1) is 6.92 Å². The highest BCUT2D eigenvalue weighted by atomic mass is 32.1. The maximum absolute atomic E-state index is 13.2. The summed E-state index contributed by atoms with van der Waals surface area (Å²) in [6, 6.07) is 1.64. The molecular formula is C23H25N7O4S. The van der Waals surface area contributed by atoms with Crippen LogP contribution in [0.2, 0.25) is 0 Å². The van der Waals surface area contributed by atoms with Crippen LogP contribution in [-0.4, -0.2) is 48.6 Å². The van der Waals surface area contributed by atoms with Crippen LogP contribution in [0.15, 0.2) is 30.9 Å². The number of aromatic nitrogens is 5. The molecular weight excluding hydrogens is 470 g/mol. The Balaban J connectivity index is 1.37. The number of carbonyl (C=O) groups excluding carboxylic acids is 2. The maximum atomic E-state index is 13.2. The van der Waals surface area contributed by atoms with Gasteiger partial charge in [0, 0.05) is 19.2 Å². The van der Waals surface area contributed by atoms with Crippen molar-refractivity contribution >= 4 is 39.5 Å². The molecule has 11 nitrogen and oxygen atoms in total. The third-order valence-corrected chi connectivity index (χ3v) is 6.38. The van der Waals surface area contributed by atoms with Crippen molar-refractivity contribution in [3.8, 4) is 16.3 Å². The predicted molar refractivity (Wildman–Crippen MR) is 131 cm³/mol. The lowest BCUT2D eigenvalue weighted by molar-refractivity contribution is 0.0635. The van der Waals surface area contributed by atoms with E-state index < -0.39 is 11.7 Å². The van der Waals surface area contributed by atoms with E-state index in [2.05, 4.69) is 25.8 Å². The number of thiazole rings is 1. The van der Waals surface area contributed by atoms with E-state index in [1.54, 1.807) is 44.5 Å². The lowest BCUT2D eigenvalue weighted by atomic mass is 10.2. The highest BCUT2D eigenvalue weighted by Crippen LogP contribution is 2.37. The van der Waals surface area contributed by atoms with Crippen molar-refractivity contribution in [3.63, 3.8) is 0 Å². The number of aryl methyl sites for hydroxylation is 2. The number of nitrogens with one attached hydrogen (secondary N) is 2. The van der Waals surface area contributed by atoms with Crippen LogP contribution >= 0.6 is 11.3 Å². The molecule has 35 heavy (non-hydrogen) atoms. The number of nitrogens with zero attached hydrogens (tertiary/aromatic N) is 5. The largest absolute Gasteiger partial charge is 0.477 e. The fourth-order valence-electron chi connectivity index (χ4n) is 3.64. The van der Waals surface area contributed by atoms with Gasteiger partial charge in [0.1, 0.15) is 10.4 Å². The van der Waals surface area contributed by atoms with E-state index in [0.717, 1.165) is 29.3 Å². The molecule has 0 radical (unpaired) electrons. The van der Waals surface area contributed by atoms with Gasteiger partial charge in [-0.2, -0.15) is 10.2 Å². The number of hydrogen-bond acceptors (Lipinski definition) is 8. The van der Waals surface area contributed by atoms with Crippen LogP contribution < -0.4 is 15.4 Å². The van der Waals surface area contributed by atoms with Gasteiger partial charge in [0.05, 0.1) is 58.3 Å². The van der Waals surface area contributed by atoms with E-state index >= 15 is 0 Å². The van der Waals surface area contributed by atoms with Crippen molar-refractivity contribution in [1.82, 2.24) is 24.4 Å². The molecule has 0 saturated heterocycles. The highest BCUT2D eigenvalue weighted by molar-refractivity contribution is 7.21. The average Bonchev–Trinajstić information content (AvgIpc) is 3.48. The Morgan fingerprint density at radius 1 is 1.17 bits per heavy atom. The topological polar surface area (TPSA) is 125 Å². The van der Waals surface area contributed by atoms with Crippen LogP contribution in [0.1, 0.15) is 43.2 Å². The molecule has 182 valence electrons. The Bertz CT molecular complexity index is 1430. The van der Waals surface area contributed by atoms with E-state index in [1.807, 2.05) is 10.9 Å². The molecule has 5 heterocycles. The molecule has 0 aliphatic carbocycles. The van der Waals surface area contributed by atoms with Crippen molar-refractivity contribution < 1.29 is 19.1 Å². The maximum Gasteiger partial charge on any atom is 0.412 e. The number of pyridine rings is 1. The van der Waals surface area contributed by atoms with Crippen molar-refractivity contribution in [1.29, 1.82) is 0 Å². The van der Waals surface area contributed by atoms with Crippen molar-refractivity contribution in [3.05, 3.63) is 42.1 Å². The summed E-state index contributed by atoms with van der Waals surface area (Å²) in [6.45, 7) is 8.59. The van der Waals surface area contributed by atoms with E-state index in [4.69, 9.17) is 9.47 Å². The minimum Gasteiger partial charge on any atom is -0.477 e. The zero-order valence-corrected chi connectivity index (χ0v) is 20.6. The lowest BCUT2D eigenvalue weighted by Crippen LogP contribution is -2.27. The molecule has 5 rings (SSSR count). The van der Waals surface area contributed by atoms with E-state index in [9.17, 15) is 9.59 Å². The van der Waals surface area contributed by atoms with Gasteiger partial charge in [-0.25, -0.2) is 14.0 Å². The molecule has 0 atom stereocenters. The Hall–Kier alpha value is -3.93. The van der Waals surface area contributed by atoms with Crippen molar-refractivity contribution in [2.24, 2.45) is 0 Å². The van der Waals surface area contributed by atoms with E-state index in [-0.39, 0.29) is 5.91 Å². The second-order valence-electron chi connectivity index (χ2n) is 9.13. The summed E-state index contributed by atoms with van der Waals surface area (Å²) in [5.74, 6) is 0.406. The third kappa shape index (κ3) is 4.69. The van der Waals surface area contributed by atoms with Gasteiger partial charge in [-0.15, -0.1) is 11.3 Å². The van der Waals surface area contributed by atoms with E-state index in [0.29, 0.717) is 34.1 Å². The first-order valence-corrected chi connectivity index (χ1v) is 11.9. The standard InChI is InChI=1S/C23H25N7O4S/c1-13-17(8-14(9-24-13)27-22(32)34-23(2,3)4)28-19(31)16-11-26-30-12-18(35-21(16)30)15-10-25-29-6-5-7-33-20(15)29/h8-12H,5-7H2,1-4H3,(H,27,32)(H,28,31). The summed E-state index contributed by atoms with van der Waals surface area (Å²) >= 11 is 1.44. The molecule has 4 aromatic rings. The molecule has 0 saturated carbocycles. The molecule has 1 aliphatic rings. The molecule has 0 spiro atoms. The van der Waals surface area contributed by atoms with Crippen molar-refractivity contribution in [2.45, 2.75) is 46.3 Å². The minimum absolute atomic E-state index is 0.332. The summed E-state index contributed by atoms with van der Waals surface area (Å²) in [6.07, 6.45) is 7.01. The second kappa shape index (κ2) is 8.69. The first-order valence-electron chi connectivity index (χ1n) is 11.1. The van der Waals surface area contributed by atoms with Crippen LogP contribution in [0.3, 0.4) is 0 Å². The number of hydrogen-bond donors (Lipinski definition) is 2. The zero-order chi connectivity index (χ0) is 24.7. The molecule has 12 heteroatoms. The van der Waals surface area contributed by atoms with E-state index in [1.165, 1.54) is 23.7 Å². The van der Waals surface area contributed by atoms with Gasteiger partial charge in [0.25, 0.3) is 5.91 Å². The SMILES string of the molecule is Cc1ncc(NC(=O)OC(C)(C)C)cc1NC(=O)c1cnn2cc(-c3cnn4c3OCCC4)sc12. The van der Waals surface area contributed by atoms with Crippen LogP contribution in [0.25, 0.3) is 15.3 Å². The fourth-order valence-corrected chi connectivity index (χ4v) is 4.70. The molecule has 0 aromatic carbocycles. The Kier molecular flexibility index (Phi) is 5.67. The van der Waals surface area contributed by atoms with Gasteiger partial charge in [-0.05, 0) is 33.8 Å². The molecule has 0 unspecified atom stereocenters. The Morgan fingerprint density at radius 3 is 2.80 bits per heavy atom. The van der Waals surface area contributed by atoms with Crippen molar-refractivity contribution in [2.75, 3.05) is 17.2 Å². The van der Waals surface area contributed by atoms with Crippen LogP contribution in [0.4, 0.5) is 16.2 Å². The highest BCUT2D eigenvalue weighted by Gasteiger charge is 2.23. The summed E-state index contributed by atoms with van der Waals surface area (Å²) in [5, 5.41) is 14.3. The summed E-state index contributed by atoms with van der Waals surface area (Å²) < 4.78 is 14.6. The smallest absolute Gasteiger partial charge is 0.412 e. The number of carbonyl (C=O) groups is 2. The molecule has 0 fully saturated rings. The molecule has 0 bridgehead atoms. The summed E-state index contributed by atoms with van der Waals surface area (Å²) in [4.78, 5) is 31.1. The quantitative estimate of drug-likeness (QED) is 0.431. The second-order valence-corrected chi connectivity index (χ2v) is 10.2. The van der Waals surface area contributed by atoms with Gasteiger partial charge < -0.3 is 14.8 Å². The van der Waals surface area contributed by atoms with Gasteiger partial charge in [-0.1, -0.05) is 0 Å². The normalized spacial score (nSPS) is 13.3. The molecule has 2 amide bonds. The third-order valence-electron chi connectivity index (χ3n) is 5.23. The number of ether oxygens (including phenoxy) is 2. The number of anilines is 2. The first-order chi connectivity index (χ1) is 16.7. The predicted octanol–water partition coefficient (Wildman–Crippen LogP) is 4.34. The number of rotatable bonds is 4. The Labute approximate surface area is 205 Å². The minimum atomic E-state index is -0.630. The van der Waals surface area contributed by atoms with Gasteiger partial charge in [-0.3, -0.25) is 15.1 Å². The monoisotopic (exact) mass is 495 g/mol. The molecule has 2 N–H and O–H groups in total. The summed E-state index contributed by atoms with van der Waals surface area (Å²) in [7, 11) is 0. The van der Waals surface area contributed by atoms with Gasteiger partial charge in [0.15, 0.2) is 0 Å². The van der Waals surface area contributed by atoms with Crippen LogP contribution in [0.5, 0.6) is 5.88 Å². The first kappa shape index (κ1) is 22.8. The van der Waals surface area contributed by atoms with Gasteiger partial charge in [0.2, 0.25) is 5.88 Å². The number of amides is 2. The Morgan fingerprint density at radius 2 is 2.00 bits per heavy atom. The number of fused-ring (bicyclic) bond motifs is 2. The van der Waals surface area contributed by atoms with Crippen LogP contribution in [-0.2, 0) is 11.3 Å². The fraction of sp³-hybridized carbons (Fsp3) is 0.348. The lowest BCUT2D eigenvalue weighted by Gasteiger charge is -2.19.